The summed E-state index contributed by atoms with van der Waals surface area (Å²) in [6.45, 7) is 15.8. The van der Waals surface area contributed by atoms with Crippen molar-refractivity contribution in [2.24, 2.45) is 5.92 Å². The van der Waals surface area contributed by atoms with Gasteiger partial charge in [0.1, 0.15) is 0 Å². The fourth-order valence-corrected chi connectivity index (χ4v) is 4.21. The smallest absolute Gasteiger partial charge is 0.192 e. The lowest BCUT2D eigenvalue weighted by atomic mass is 9.88. The highest BCUT2D eigenvalue weighted by molar-refractivity contribution is 6.74. The maximum absolute atomic E-state index is 6.72. The van der Waals surface area contributed by atoms with E-state index in [1.165, 1.54) is 0 Å². The molecule has 0 aromatic carbocycles. The summed E-state index contributed by atoms with van der Waals surface area (Å²) in [5, 5.41) is 0.208. The van der Waals surface area contributed by atoms with Crippen molar-refractivity contribution in [1.29, 1.82) is 0 Å². The predicted molar refractivity (Wildman–Crippen MR) is 97.8 cm³/mol. The second-order valence-corrected chi connectivity index (χ2v) is 13.1. The Hall–Kier alpha value is -0.913. The molecule has 2 N–H and O–H groups in total. The van der Waals surface area contributed by atoms with E-state index in [9.17, 15) is 0 Å². The van der Waals surface area contributed by atoms with Crippen LogP contribution in [0.3, 0.4) is 0 Å². The van der Waals surface area contributed by atoms with E-state index in [2.05, 4.69) is 52.7 Å². The first kappa shape index (κ1) is 18.4. The normalized spacial score (nSPS) is 29.5. The first-order chi connectivity index (χ1) is 10.5. The van der Waals surface area contributed by atoms with Crippen LogP contribution in [-0.4, -0.2) is 25.5 Å². The number of rotatable bonds is 3. The maximum Gasteiger partial charge on any atom is 0.192 e. The molecule has 0 unspecified atom stereocenters. The van der Waals surface area contributed by atoms with Gasteiger partial charge in [0.25, 0.3) is 0 Å². The minimum absolute atomic E-state index is 0.0148. The van der Waals surface area contributed by atoms with Gasteiger partial charge in [0.2, 0.25) is 0 Å². The Morgan fingerprint density at radius 1 is 1.30 bits per heavy atom. The fraction of sp³-hybridized carbons (Fsp3) is 0.722. The van der Waals surface area contributed by atoms with Crippen LogP contribution in [-0.2, 0) is 9.16 Å². The first-order valence-corrected chi connectivity index (χ1v) is 11.5. The Morgan fingerprint density at radius 2 is 1.96 bits per heavy atom. The van der Waals surface area contributed by atoms with E-state index < -0.39 is 8.32 Å². The van der Waals surface area contributed by atoms with Crippen molar-refractivity contribution in [1.82, 2.24) is 4.98 Å². The van der Waals surface area contributed by atoms with Crippen molar-refractivity contribution >= 4 is 14.0 Å². The largest absolute Gasteiger partial charge is 0.413 e. The molecule has 1 aliphatic rings. The zero-order valence-corrected chi connectivity index (χ0v) is 16.6. The molecule has 130 valence electrons. The molecule has 0 bridgehead atoms. The number of nitrogen functional groups attached to an aromatic ring is 1. The second-order valence-electron chi connectivity index (χ2n) is 8.35. The molecule has 23 heavy (non-hydrogen) atoms. The number of nitrogens with zero attached hydrogens (tertiary/aromatic N) is 1. The SMILES string of the molecule is C[C@@H]1[C@@H](C)O[C@@H](c2ccncc2N)C[C@H]1O[Si](C)(C)C(C)(C)C. The summed E-state index contributed by atoms with van der Waals surface area (Å²) in [5.41, 5.74) is 7.83. The standard InChI is InChI=1S/C18H32N2O2Si/c1-12-13(2)21-17(14-8-9-20-11-15(14)19)10-16(12)22-23(6,7)18(3,4)5/h8-9,11-13,16-17H,10,19H2,1-7H3/t12-,13-,16-,17-/m1/s1. The molecule has 0 radical (unpaired) electrons. The van der Waals surface area contributed by atoms with Crippen LogP contribution in [0, 0.1) is 5.92 Å². The second kappa shape index (κ2) is 6.53. The van der Waals surface area contributed by atoms with Crippen LogP contribution in [0.25, 0.3) is 0 Å². The van der Waals surface area contributed by atoms with Gasteiger partial charge in [-0.05, 0) is 31.1 Å². The molecule has 0 saturated carbocycles. The average Bonchev–Trinajstić information content (AvgIpc) is 2.42. The molecule has 2 heterocycles. The molecule has 1 fully saturated rings. The van der Waals surface area contributed by atoms with Crippen LogP contribution in [0.1, 0.15) is 52.7 Å². The Kier molecular flexibility index (Phi) is 5.23. The van der Waals surface area contributed by atoms with Gasteiger partial charge >= 0.3 is 0 Å². The molecular weight excluding hydrogens is 304 g/mol. The maximum atomic E-state index is 6.72. The third-order valence-electron chi connectivity index (χ3n) is 5.64. The van der Waals surface area contributed by atoms with Gasteiger partial charge in [0.05, 0.1) is 30.2 Å². The van der Waals surface area contributed by atoms with Crippen LogP contribution in [0.2, 0.25) is 18.1 Å². The average molecular weight is 337 g/mol. The van der Waals surface area contributed by atoms with Gasteiger partial charge in [-0.15, -0.1) is 0 Å². The number of aromatic nitrogens is 1. The van der Waals surface area contributed by atoms with Gasteiger partial charge in [0.15, 0.2) is 8.32 Å². The molecule has 1 saturated heterocycles. The molecule has 5 heteroatoms. The molecule has 0 amide bonds. The number of ether oxygens (including phenoxy) is 1. The Balaban J connectivity index is 2.21. The van der Waals surface area contributed by atoms with Gasteiger partial charge in [-0.25, -0.2) is 0 Å². The van der Waals surface area contributed by atoms with Crippen LogP contribution in [0.5, 0.6) is 0 Å². The van der Waals surface area contributed by atoms with Crippen molar-refractivity contribution in [2.75, 3.05) is 5.73 Å². The molecule has 0 spiro atoms. The molecule has 4 nitrogen and oxygen atoms in total. The van der Waals surface area contributed by atoms with Crippen LogP contribution in [0.15, 0.2) is 18.5 Å². The lowest BCUT2D eigenvalue weighted by molar-refractivity contribution is -0.120. The molecule has 1 aromatic rings. The summed E-state index contributed by atoms with van der Waals surface area (Å²) < 4.78 is 12.9. The van der Waals surface area contributed by atoms with Gasteiger partial charge in [0, 0.05) is 24.1 Å². The van der Waals surface area contributed by atoms with Crippen LogP contribution in [0.4, 0.5) is 5.69 Å². The topological polar surface area (TPSA) is 57.4 Å². The zero-order chi connectivity index (χ0) is 17.4. The quantitative estimate of drug-likeness (QED) is 0.823. The summed E-state index contributed by atoms with van der Waals surface area (Å²) in [5.74, 6) is 0.378. The van der Waals surface area contributed by atoms with E-state index in [-0.39, 0.29) is 23.4 Å². The fourth-order valence-electron chi connectivity index (χ4n) is 2.79. The van der Waals surface area contributed by atoms with Crippen LogP contribution < -0.4 is 5.73 Å². The molecule has 2 rings (SSSR count). The van der Waals surface area contributed by atoms with E-state index in [0.717, 1.165) is 12.0 Å². The lowest BCUT2D eigenvalue weighted by Gasteiger charge is -2.46. The Bertz CT molecular complexity index is 542. The van der Waals surface area contributed by atoms with Gasteiger partial charge < -0.3 is 14.9 Å². The van der Waals surface area contributed by atoms with Crippen molar-refractivity contribution in [3.05, 3.63) is 24.0 Å². The lowest BCUT2D eigenvalue weighted by Crippen LogP contribution is -2.49. The van der Waals surface area contributed by atoms with Gasteiger partial charge in [-0.2, -0.15) is 0 Å². The van der Waals surface area contributed by atoms with E-state index in [1.807, 2.05) is 6.07 Å². The van der Waals surface area contributed by atoms with Crippen molar-refractivity contribution < 1.29 is 9.16 Å². The minimum Gasteiger partial charge on any atom is -0.413 e. The van der Waals surface area contributed by atoms with Gasteiger partial charge in [-0.3, -0.25) is 4.98 Å². The first-order valence-electron chi connectivity index (χ1n) is 8.55. The van der Waals surface area contributed by atoms with Crippen LogP contribution >= 0.6 is 0 Å². The number of hydrogen-bond donors (Lipinski definition) is 1. The summed E-state index contributed by atoms with van der Waals surface area (Å²) in [7, 11) is -1.81. The van der Waals surface area contributed by atoms with E-state index in [1.54, 1.807) is 12.4 Å². The Labute approximate surface area is 141 Å². The third-order valence-corrected chi connectivity index (χ3v) is 10.1. The monoisotopic (exact) mass is 336 g/mol. The number of hydrogen-bond acceptors (Lipinski definition) is 4. The Morgan fingerprint density at radius 3 is 2.52 bits per heavy atom. The van der Waals surface area contributed by atoms with Crippen molar-refractivity contribution in [2.45, 2.75) is 77.5 Å². The predicted octanol–water partition coefficient (Wildman–Crippen LogP) is 4.54. The summed E-state index contributed by atoms with van der Waals surface area (Å²) >= 11 is 0. The minimum atomic E-state index is -1.81. The summed E-state index contributed by atoms with van der Waals surface area (Å²) in [4.78, 5) is 4.08. The van der Waals surface area contributed by atoms with E-state index in [0.29, 0.717) is 11.6 Å². The molecule has 1 aromatic heterocycles. The number of anilines is 1. The highest BCUT2D eigenvalue weighted by Crippen LogP contribution is 2.43. The van der Waals surface area contributed by atoms with Crippen molar-refractivity contribution in [3.63, 3.8) is 0 Å². The third kappa shape index (κ3) is 3.95. The summed E-state index contributed by atoms with van der Waals surface area (Å²) in [6.07, 6.45) is 4.67. The van der Waals surface area contributed by atoms with Crippen molar-refractivity contribution in [3.8, 4) is 0 Å². The molecular formula is C18H32N2O2Si. The zero-order valence-electron chi connectivity index (χ0n) is 15.6. The van der Waals surface area contributed by atoms with E-state index in [4.69, 9.17) is 14.9 Å². The number of pyridine rings is 1. The highest BCUT2D eigenvalue weighted by Gasteiger charge is 2.43. The van der Waals surface area contributed by atoms with E-state index >= 15 is 0 Å². The summed E-state index contributed by atoms with van der Waals surface area (Å²) in [6, 6.07) is 1.96. The highest BCUT2D eigenvalue weighted by atomic mass is 28.4. The molecule has 4 atom stereocenters. The molecule has 1 aliphatic heterocycles. The molecule has 0 aliphatic carbocycles. The number of nitrogens with two attached hydrogens (primary N) is 1. The van der Waals surface area contributed by atoms with Gasteiger partial charge in [-0.1, -0.05) is 27.7 Å².